The van der Waals surface area contributed by atoms with E-state index in [1.54, 1.807) is 0 Å². The molecule has 0 aliphatic carbocycles. The fraction of sp³-hybridized carbons (Fsp3) is 0.308. The molecule has 1 aromatic heterocycles. The summed E-state index contributed by atoms with van der Waals surface area (Å²) in [7, 11) is 0. The van der Waals surface area contributed by atoms with Crippen LogP contribution < -0.4 is 5.73 Å². The summed E-state index contributed by atoms with van der Waals surface area (Å²) in [5.41, 5.74) is 8.22. The Kier molecular flexibility index (Phi) is 2.65. The molecule has 1 aliphatic rings. The van der Waals surface area contributed by atoms with Crippen LogP contribution in [0.5, 0.6) is 0 Å². The van der Waals surface area contributed by atoms with Crippen LogP contribution in [0.4, 0.5) is 0 Å². The molecule has 0 radical (unpaired) electrons. The monoisotopic (exact) mass is 247 g/mol. The van der Waals surface area contributed by atoms with Gasteiger partial charge in [0.25, 0.3) is 0 Å². The van der Waals surface area contributed by atoms with Crippen molar-refractivity contribution in [3.8, 4) is 11.4 Å². The summed E-state index contributed by atoms with van der Waals surface area (Å²) >= 11 is 6.19. The standard InChI is InChI=1S/C13H14ClN3/c14-12-11-7-6-10(15)8-17(11)13(16-12)9-4-2-1-3-5-9/h1-5,10H,6-8,15H2. The van der Waals surface area contributed by atoms with Gasteiger partial charge in [-0.2, -0.15) is 0 Å². The topological polar surface area (TPSA) is 43.8 Å². The first-order chi connectivity index (χ1) is 8.25. The van der Waals surface area contributed by atoms with Crippen molar-refractivity contribution in [2.24, 2.45) is 5.73 Å². The molecule has 17 heavy (non-hydrogen) atoms. The van der Waals surface area contributed by atoms with Crippen molar-refractivity contribution in [2.75, 3.05) is 0 Å². The quantitative estimate of drug-likeness (QED) is 0.841. The molecule has 2 heterocycles. The summed E-state index contributed by atoms with van der Waals surface area (Å²) in [6, 6.07) is 10.3. The Bertz CT molecular complexity index is 533. The largest absolute Gasteiger partial charge is 0.326 e. The van der Waals surface area contributed by atoms with Gasteiger partial charge in [-0.3, -0.25) is 0 Å². The Labute approximate surface area is 105 Å². The SMILES string of the molecule is NC1CCc2c(Cl)nc(-c3ccccc3)n2C1. The Balaban J connectivity index is 2.13. The lowest BCUT2D eigenvalue weighted by Gasteiger charge is -2.22. The number of rotatable bonds is 1. The van der Waals surface area contributed by atoms with Crippen molar-refractivity contribution < 1.29 is 0 Å². The van der Waals surface area contributed by atoms with Gasteiger partial charge in [0.1, 0.15) is 5.82 Å². The number of nitrogens with zero attached hydrogens (tertiary/aromatic N) is 2. The maximum absolute atomic E-state index is 6.19. The number of aromatic nitrogens is 2. The molecule has 0 saturated carbocycles. The lowest BCUT2D eigenvalue weighted by molar-refractivity contribution is 0.464. The number of fused-ring (bicyclic) bond motifs is 1. The highest BCUT2D eigenvalue weighted by atomic mass is 35.5. The number of halogens is 1. The zero-order chi connectivity index (χ0) is 11.8. The van der Waals surface area contributed by atoms with Crippen molar-refractivity contribution in [2.45, 2.75) is 25.4 Å². The molecule has 88 valence electrons. The van der Waals surface area contributed by atoms with E-state index < -0.39 is 0 Å². The van der Waals surface area contributed by atoms with Crippen molar-refractivity contribution in [1.29, 1.82) is 0 Å². The maximum Gasteiger partial charge on any atom is 0.150 e. The molecule has 2 aromatic rings. The fourth-order valence-corrected chi connectivity index (χ4v) is 2.62. The summed E-state index contributed by atoms with van der Waals surface area (Å²) in [5.74, 6) is 0.931. The predicted molar refractivity (Wildman–Crippen MR) is 69.0 cm³/mol. The Morgan fingerprint density at radius 1 is 1.29 bits per heavy atom. The molecule has 3 rings (SSSR count). The third-order valence-electron chi connectivity index (χ3n) is 3.22. The van der Waals surface area contributed by atoms with E-state index in [1.807, 2.05) is 30.3 Å². The smallest absolute Gasteiger partial charge is 0.150 e. The molecular formula is C13H14ClN3. The number of nitrogens with two attached hydrogens (primary N) is 1. The van der Waals surface area contributed by atoms with Gasteiger partial charge in [-0.15, -0.1) is 0 Å². The van der Waals surface area contributed by atoms with Crippen molar-refractivity contribution in [3.63, 3.8) is 0 Å². The van der Waals surface area contributed by atoms with Gasteiger partial charge >= 0.3 is 0 Å². The normalized spacial score (nSPS) is 19.1. The first kappa shape index (κ1) is 10.8. The van der Waals surface area contributed by atoms with Crippen molar-refractivity contribution in [1.82, 2.24) is 9.55 Å². The van der Waals surface area contributed by atoms with E-state index in [2.05, 4.69) is 9.55 Å². The minimum absolute atomic E-state index is 0.204. The maximum atomic E-state index is 6.19. The van der Waals surface area contributed by atoms with E-state index in [0.29, 0.717) is 5.15 Å². The molecule has 0 fully saturated rings. The van der Waals surface area contributed by atoms with Crippen LogP contribution in [0.1, 0.15) is 12.1 Å². The number of hydrogen-bond acceptors (Lipinski definition) is 2. The number of imidazole rings is 1. The lowest BCUT2D eigenvalue weighted by atomic mass is 10.1. The second kappa shape index (κ2) is 4.17. The molecule has 0 bridgehead atoms. The van der Waals surface area contributed by atoms with Gasteiger partial charge in [0.2, 0.25) is 0 Å². The Morgan fingerprint density at radius 2 is 2.06 bits per heavy atom. The van der Waals surface area contributed by atoms with Crippen LogP contribution in [-0.4, -0.2) is 15.6 Å². The van der Waals surface area contributed by atoms with Crippen molar-refractivity contribution >= 4 is 11.6 Å². The van der Waals surface area contributed by atoms with Gasteiger partial charge < -0.3 is 10.3 Å². The van der Waals surface area contributed by atoms with Crippen LogP contribution in [0.2, 0.25) is 5.15 Å². The minimum atomic E-state index is 0.204. The summed E-state index contributed by atoms with van der Waals surface area (Å²) in [4.78, 5) is 4.47. The Morgan fingerprint density at radius 3 is 2.82 bits per heavy atom. The highest BCUT2D eigenvalue weighted by molar-refractivity contribution is 6.30. The van der Waals surface area contributed by atoms with Crippen LogP contribution in [0.25, 0.3) is 11.4 Å². The molecule has 0 saturated heterocycles. The first-order valence-electron chi connectivity index (χ1n) is 5.81. The number of hydrogen-bond donors (Lipinski definition) is 1. The predicted octanol–water partition coefficient (Wildman–Crippen LogP) is 2.48. The van der Waals surface area contributed by atoms with E-state index in [9.17, 15) is 0 Å². The highest BCUT2D eigenvalue weighted by Gasteiger charge is 2.23. The molecule has 2 N–H and O–H groups in total. The van der Waals surface area contributed by atoms with E-state index in [4.69, 9.17) is 17.3 Å². The number of benzene rings is 1. The molecule has 1 unspecified atom stereocenters. The second-order valence-corrected chi connectivity index (χ2v) is 4.81. The third-order valence-corrected chi connectivity index (χ3v) is 3.53. The molecule has 1 aromatic carbocycles. The Hall–Kier alpha value is -1.32. The van der Waals surface area contributed by atoms with Gasteiger partial charge in [-0.05, 0) is 12.8 Å². The van der Waals surface area contributed by atoms with E-state index in [1.165, 1.54) is 0 Å². The molecule has 0 spiro atoms. The van der Waals surface area contributed by atoms with Crippen LogP contribution >= 0.6 is 11.6 Å². The van der Waals surface area contributed by atoms with Crippen LogP contribution in [-0.2, 0) is 13.0 Å². The van der Waals surface area contributed by atoms with E-state index >= 15 is 0 Å². The summed E-state index contributed by atoms with van der Waals surface area (Å²) < 4.78 is 2.16. The lowest BCUT2D eigenvalue weighted by Crippen LogP contribution is -2.32. The molecule has 3 nitrogen and oxygen atoms in total. The van der Waals surface area contributed by atoms with Crippen molar-refractivity contribution in [3.05, 3.63) is 41.2 Å². The fourth-order valence-electron chi connectivity index (χ4n) is 2.35. The van der Waals surface area contributed by atoms with Crippen LogP contribution in [0.15, 0.2) is 30.3 Å². The first-order valence-corrected chi connectivity index (χ1v) is 6.19. The molecule has 0 amide bonds. The molecular weight excluding hydrogens is 234 g/mol. The zero-order valence-corrected chi connectivity index (χ0v) is 10.2. The molecule has 1 aliphatic heterocycles. The summed E-state index contributed by atoms with van der Waals surface area (Å²) in [6.45, 7) is 0.805. The van der Waals surface area contributed by atoms with Gasteiger partial charge in [-0.1, -0.05) is 41.9 Å². The van der Waals surface area contributed by atoms with Gasteiger partial charge in [-0.25, -0.2) is 4.98 Å². The molecule has 4 heteroatoms. The van der Waals surface area contributed by atoms with Crippen LogP contribution in [0.3, 0.4) is 0 Å². The van der Waals surface area contributed by atoms with Gasteiger partial charge in [0.15, 0.2) is 5.15 Å². The van der Waals surface area contributed by atoms with Gasteiger partial charge in [0, 0.05) is 18.2 Å². The average Bonchev–Trinajstić information content (AvgIpc) is 2.67. The highest BCUT2D eigenvalue weighted by Crippen LogP contribution is 2.29. The van der Waals surface area contributed by atoms with E-state index in [-0.39, 0.29) is 6.04 Å². The molecule has 1 atom stereocenters. The third kappa shape index (κ3) is 1.85. The summed E-state index contributed by atoms with van der Waals surface area (Å²) in [6.07, 6.45) is 1.90. The average molecular weight is 248 g/mol. The zero-order valence-electron chi connectivity index (χ0n) is 9.44. The minimum Gasteiger partial charge on any atom is -0.326 e. The second-order valence-electron chi connectivity index (χ2n) is 4.45. The summed E-state index contributed by atoms with van der Waals surface area (Å²) in [5, 5.41) is 0.621. The van der Waals surface area contributed by atoms with Crippen LogP contribution in [0, 0.1) is 0 Å². The van der Waals surface area contributed by atoms with Gasteiger partial charge in [0.05, 0.1) is 5.69 Å². The van der Waals surface area contributed by atoms with E-state index in [0.717, 1.165) is 36.5 Å².